The summed E-state index contributed by atoms with van der Waals surface area (Å²) in [7, 11) is 0. The fourth-order valence-corrected chi connectivity index (χ4v) is 2.57. The van der Waals surface area contributed by atoms with Gasteiger partial charge >= 0.3 is 0 Å². The minimum atomic E-state index is -1.14. The Labute approximate surface area is 118 Å². The lowest BCUT2D eigenvalue weighted by Gasteiger charge is -2.25. The van der Waals surface area contributed by atoms with E-state index in [0.717, 1.165) is 24.1 Å². The summed E-state index contributed by atoms with van der Waals surface area (Å²) >= 11 is 6.20. The number of benzene rings is 1. The summed E-state index contributed by atoms with van der Waals surface area (Å²) in [6, 6.07) is 7.82. The molecule has 0 amide bonds. The molecule has 4 heteroatoms. The maximum Gasteiger partial charge on any atom is 0.130 e. The topological polar surface area (TPSA) is 38.0 Å². The molecule has 0 aliphatic heterocycles. The first-order chi connectivity index (χ1) is 8.96. The molecule has 1 N–H and O–H groups in total. The van der Waals surface area contributed by atoms with E-state index in [1.807, 2.05) is 31.2 Å². The third-order valence-electron chi connectivity index (χ3n) is 3.30. The number of halogens is 1. The number of rotatable bonds is 4. The van der Waals surface area contributed by atoms with Gasteiger partial charge in [-0.3, -0.25) is 4.68 Å². The molecule has 0 fully saturated rings. The van der Waals surface area contributed by atoms with E-state index >= 15 is 0 Å². The molecule has 1 atom stereocenters. The monoisotopic (exact) mass is 278 g/mol. The van der Waals surface area contributed by atoms with Crippen molar-refractivity contribution in [3.63, 3.8) is 0 Å². The molecule has 0 bridgehead atoms. The highest BCUT2D eigenvalue weighted by Crippen LogP contribution is 2.34. The highest BCUT2D eigenvalue weighted by Gasteiger charge is 2.32. The van der Waals surface area contributed by atoms with Crippen molar-refractivity contribution in [2.24, 2.45) is 0 Å². The summed E-state index contributed by atoms with van der Waals surface area (Å²) < 4.78 is 1.78. The Morgan fingerprint density at radius 1 is 1.32 bits per heavy atom. The average molecular weight is 279 g/mol. The van der Waals surface area contributed by atoms with E-state index in [1.54, 1.807) is 17.8 Å². The molecule has 102 valence electrons. The summed E-state index contributed by atoms with van der Waals surface area (Å²) in [5.74, 6) is 0. The zero-order chi connectivity index (χ0) is 14.0. The maximum atomic E-state index is 10.9. The van der Waals surface area contributed by atoms with Crippen LogP contribution in [0, 0.1) is 6.92 Å². The number of aryl methyl sites for hydroxylation is 2. The summed E-state index contributed by atoms with van der Waals surface area (Å²) in [6.45, 7) is 6.59. The number of aliphatic hydroxyl groups is 1. The molecule has 1 aromatic carbocycles. The predicted molar refractivity (Wildman–Crippen MR) is 77.4 cm³/mol. The van der Waals surface area contributed by atoms with Gasteiger partial charge in [-0.15, -0.1) is 0 Å². The molecule has 1 unspecified atom stereocenters. The van der Waals surface area contributed by atoms with Crippen molar-refractivity contribution in [3.05, 3.63) is 52.3 Å². The SMILES string of the molecule is CCCn1ncc(Cl)c1C(C)(O)c1ccc(C)cc1. The molecule has 0 aliphatic carbocycles. The highest BCUT2D eigenvalue weighted by atomic mass is 35.5. The van der Waals surface area contributed by atoms with Crippen LogP contribution in [0.4, 0.5) is 0 Å². The van der Waals surface area contributed by atoms with E-state index in [0.29, 0.717) is 10.7 Å². The molecule has 0 saturated carbocycles. The van der Waals surface area contributed by atoms with E-state index < -0.39 is 5.60 Å². The molecule has 2 aromatic rings. The van der Waals surface area contributed by atoms with Crippen LogP contribution in [0.2, 0.25) is 5.02 Å². The van der Waals surface area contributed by atoms with Crippen LogP contribution >= 0.6 is 11.6 Å². The van der Waals surface area contributed by atoms with Crippen LogP contribution in [-0.4, -0.2) is 14.9 Å². The molecule has 0 radical (unpaired) electrons. The second-order valence-corrected chi connectivity index (χ2v) is 5.41. The Bertz CT molecular complexity index is 558. The van der Waals surface area contributed by atoms with Gasteiger partial charge in [0, 0.05) is 6.54 Å². The molecule has 3 nitrogen and oxygen atoms in total. The highest BCUT2D eigenvalue weighted by molar-refractivity contribution is 6.31. The van der Waals surface area contributed by atoms with Crippen LogP contribution in [0.3, 0.4) is 0 Å². The van der Waals surface area contributed by atoms with Gasteiger partial charge in [-0.05, 0) is 25.8 Å². The smallest absolute Gasteiger partial charge is 0.130 e. The Morgan fingerprint density at radius 3 is 2.53 bits per heavy atom. The Hall–Kier alpha value is -1.32. The minimum Gasteiger partial charge on any atom is -0.379 e. The van der Waals surface area contributed by atoms with Gasteiger partial charge in [-0.2, -0.15) is 5.10 Å². The summed E-state index contributed by atoms with van der Waals surface area (Å²) in [4.78, 5) is 0. The van der Waals surface area contributed by atoms with E-state index in [2.05, 4.69) is 12.0 Å². The number of aromatic nitrogens is 2. The van der Waals surface area contributed by atoms with Crippen LogP contribution in [0.15, 0.2) is 30.5 Å². The zero-order valence-corrected chi connectivity index (χ0v) is 12.3. The van der Waals surface area contributed by atoms with Crippen LogP contribution in [0.1, 0.15) is 37.1 Å². The first kappa shape index (κ1) is 14.1. The van der Waals surface area contributed by atoms with Crippen LogP contribution < -0.4 is 0 Å². The second kappa shape index (κ2) is 5.35. The summed E-state index contributed by atoms with van der Waals surface area (Å²) in [5, 5.41) is 15.6. The van der Waals surface area contributed by atoms with Crippen molar-refractivity contribution in [3.8, 4) is 0 Å². The first-order valence-electron chi connectivity index (χ1n) is 6.48. The molecular formula is C15H19ClN2O. The van der Waals surface area contributed by atoms with Gasteiger partial charge in [-0.1, -0.05) is 48.4 Å². The van der Waals surface area contributed by atoms with E-state index in [-0.39, 0.29) is 0 Å². The zero-order valence-electron chi connectivity index (χ0n) is 11.5. The van der Waals surface area contributed by atoms with Gasteiger partial charge in [0.25, 0.3) is 0 Å². The lowest BCUT2D eigenvalue weighted by Crippen LogP contribution is -2.27. The average Bonchev–Trinajstić information content (AvgIpc) is 2.72. The van der Waals surface area contributed by atoms with Crippen molar-refractivity contribution in [2.45, 2.75) is 39.3 Å². The van der Waals surface area contributed by atoms with E-state index in [1.165, 1.54) is 0 Å². The number of hydrogen-bond acceptors (Lipinski definition) is 2. The quantitative estimate of drug-likeness (QED) is 0.929. The van der Waals surface area contributed by atoms with Gasteiger partial charge in [0.2, 0.25) is 0 Å². The van der Waals surface area contributed by atoms with Crippen molar-refractivity contribution in [2.75, 3.05) is 0 Å². The van der Waals surface area contributed by atoms with Crippen molar-refractivity contribution in [1.29, 1.82) is 0 Å². The molecule has 0 aliphatic rings. The first-order valence-corrected chi connectivity index (χ1v) is 6.86. The normalized spacial score (nSPS) is 14.4. The van der Waals surface area contributed by atoms with Crippen LogP contribution in [-0.2, 0) is 12.1 Å². The van der Waals surface area contributed by atoms with Crippen LogP contribution in [0.5, 0.6) is 0 Å². The standard InChI is InChI=1S/C15H19ClN2O/c1-4-9-18-14(13(16)10-17-18)15(3,19)12-7-5-11(2)6-8-12/h5-8,10,19H,4,9H2,1-3H3. The molecular weight excluding hydrogens is 260 g/mol. The predicted octanol–water partition coefficient (Wildman–Crippen LogP) is 3.51. The van der Waals surface area contributed by atoms with Gasteiger partial charge in [0.05, 0.1) is 16.9 Å². The Balaban J connectivity index is 2.49. The number of nitrogens with zero attached hydrogens (tertiary/aromatic N) is 2. The molecule has 19 heavy (non-hydrogen) atoms. The van der Waals surface area contributed by atoms with E-state index in [9.17, 15) is 5.11 Å². The second-order valence-electron chi connectivity index (χ2n) is 5.00. The van der Waals surface area contributed by atoms with E-state index in [4.69, 9.17) is 11.6 Å². The van der Waals surface area contributed by atoms with Crippen molar-refractivity contribution in [1.82, 2.24) is 9.78 Å². The minimum absolute atomic E-state index is 0.499. The van der Waals surface area contributed by atoms with Crippen LogP contribution in [0.25, 0.3) is 0 Å². The Morgan fingerprint density at radius 2 is 1.95 bits per heavy atom. The van der Waals surface area contributed by atoms with Gasteiger partial charge in [0.15, 0.2) is 0 Å². The molecule has 0 saturated heterocycles. The fraction of sp³-hybridized carbons (Fsp3) is 0.400. The largest absolute Gasteiger partial charge is 0.379 e. The maximum absolute atomic E-state index is 10.9. The molecule has 2 rings (SSSR count). The molecule has 0 spiro atoms. The van der Waals surface area contributed by atoms with Gasteiger partial charge in [-0.25, -0.2) is 0 Å². The summed E-state index contributed by atoms with van der Waals surface area (Å²) in [6.07, 6.45) is 2.53. The molecule has 1 heterocycles. The van der Waals surface area contributed by atoms with Crippen molar-refractivity contribution < 1.29 is 5.11 Å². The van der Waals surface area contributed by atoms with Gasteiger partial charge < -0.3 is 5.11 Å². The fourth-order valence-electron chi connectivity index (χ4n) is 2.24. The molecule has 1 aromatic heterocycles. The van der Waals surface area contributed by atoms with Crippen molar-refractivity contribution >= 4 is 11.6 Å². The Kier molecular flexibility index (Phi) is 3.97. The lowest BCUT2D eigenvalue weighted by atomic mass is 9.91. The third kappa shape index (κ3) is 2.67. The number of hydrogen-bond donors (Lipinski definition) is 1. The lowest BCUT2D eigenvalue weighted by molar-refractivity contribution is 0.0915. The third-order valence-corrected chi connectivity index (χ3v) is 3.58. The van der Waals surface area contributed by atoms with Gasteiger partial charge in [0.1, 0.15) is 5.60 Å². The summed E-state index contributed by atoms with van der Waals surface area (Å²) in [5.41, 5.74) is 1.49.